The monoisotopic (exact) mass is 237 g/mol. The van der Waals surface area contributed by atoms with E-state index in [1.807, 2.05) is 19.9 Å². The van der Waals surface area contributed by atoms with Crippen LogP contribution in [0, 0.1) is 12.7 Å². The molecule has 0 radical (unpaired) electrons. The van der Waals surface area contributed by atoms with Gasteiger partial charge in [0.05, 0.1) is 5.60 Å². The molecule has 0 aromatic heterocycles. The Morgan fingerprint density at radius 3 is 2.65 bits per heavy atom. The van der Waals surface area contributed by atoms with E-state index in [1.165, 1.54) is 6.07 Å². The normalized spacial score (nSPS) is 20.5. The molecule has 0 aliphatic carbocycles. The predicted molar refractivity (Wildman–Crippen MR) is 66.3 cm³/mol. The summed E-state index contributed by atoms with van der Waals surface area (Å²) in [6.07, 6.45) is 1.59. The van der Waals surface area contributed by atoms with Gasteiger partial charge in [0.1, 0.15) is 5.82 Å². The number of hydrogen-bond donors (Lipinski definition) is 1. The molecule has 94 valence electrons. The van der Waals surface area contributed by atoms with Gasteiger partial charge in [-0.3, -0.25) is 4.90 Å². The number of rotatable bonds is 2. The molecule has 0 amide bonds. The van der Waals surface area contributed by atoms with E-state index in [0.29, 0.717) is 0 Å². The minimum absolute atomic E-state index is 0.172. The first-order valence-electron chi connectivity index (χ1n) is 6.16. The highest BCUT2D eigenvalue weighted by Gasteiger charge is 2.27. The molecule has 0 atom stereocenters. The summed E-state index contributed by atoms with van der Waals surface area (Å²) in [6, 6.07) is 4.94. The lowest BCUT2D eigenvalue weighted by atomic mass is 9.93. The molecule has 1 aliphatic heterocycles. The molecule has 1 heterocycles. The molecule has 0 bridgehead atoms. The second-order valence-electron chi connectivity index (χ2n) is 5.34. The molecule has 1 aromatic carbocycles. The Bertz CT molecular complexity index is 393. The van der Waals surface area contributed by atoms with Crippen molar-refractivity contribution in [3.05, 3.63) is 35.1 Å². The summed E-state index contributed by atoms with van der Waals surface area (Å²) in [7, 11) is 0. The van der Waals surface area contributed by atoms with Crippen molar-refractivity contribution in [1.29, 1.82) is 0 Å². The molecule has 2 rings (SSSR count). The van der Waals surface area contributed by atoms with Gasteiger partial charge >= 0.3 is 0 Å². The molecule has 1 N–H and O–H groups in total. The highest BCUT2D eigenvalue weighted by molar-refractivity contribution is 5.26. The molecule has 2 nitrogen and oxygen atoms in total. The number of hydrogen-bond acceptors (Lipinski definition) is 2. The molecule has 1 aromatic rings. The Balaban J connectivity index is 2.00. The van der Waals surface area contributed by atoms with Gasteiger partial charge in [-0.05, 0) is 49.9 Å². The van der Waals surface area contributed by atoms with Crippen LogP contribution >= 0.6 is 0 Å². The molecule has 0 saturated carbocycles. The van der Waals surface area contributed by atoms with E-state index in [9.17, 15) is 9.50 Å². The first-order chi connectivity index (χ1) is 7.96. The van der Waals surface area contributed by atoms with Crippen molar-refractivity contribution in [1.82, 2.24) is 4.90 Å². The van der Waals surface area contributed by atoms with Crippen LogP contribution in [0.3, 0.4) is 0 Å². The van der Waals surface area contributed by atoms with Crippen LogP contribution < -0.4 is 0 Å². The van der Waals surface area contributed by atoms with Crippen molar-refractivity contribution in [2.45, 2.75) is 38.8 Å². The highest BCUT2D eigenvalue weighted by atomic mass is 19.1. The summed E-state index contributed by atoms with van der Waals surface area (Å²) < 4.78 is 13.2. The average molecular weight is 237 g/mol. The molecule has 1 aliphatic rings. The molecule has 17 heavy (non-hydrogen) atoms. The molecular weight excluding hydrogens is 217 g/mol. The Labute approximate surface area is 102 Å². The van der Waals surface area contributed by atoms with Gasteiger partial charge < -0.3 is 5.11 Å². The van der Waals surface area contributed by atoms with Crippen LogP contribution in [0.25, 0.3) is 0 Å². The maximum atomic E-state index is 13.2. The van der Waals surface area contributed by atoms with Crippen molar-refractivity contribution >= 4 is 0 Å². The first-order valence-corrected chi connectivity index (χ1v) is 6.16. The molecule has 0 unspecified atom stereocenters. The number of piperidine rings is 1. The van der Waals surface area contributed by atoms with E-state index in [-0.39, 0.29) is 5.82 Å². The minimum Gasteiger partial charge on any atom is -0.390 e. The topological polar surface area (TPSA) is 23.5 Å². The van der Waals surface area contributed by atoms with E-state index < -0.39 is 5.60 Å². The van der Waals surface area contributed by atoms with Gasteiger partial charge in [-0.25, -0.2) is 4.39 Å². The third-order valence-corrected chi connectivity index (χ3v) is 3.64. The van der Waals surface area contributed by atoms with Gasteiger partial charge in [0.2, 0.25) is 0 Å². The number of aryl methyl sites for hydroxylation is 1. The third kappa shape index (κ3) is 3.27. The van der Waals surface area contributed by atoms with Gasteiger partial charge in [-0.2, -0.15) is 0 Å². The number of aliphatic hydroxyl groups is 1. The lowest BCUT2D eigenvalue weighted by Crippen LogP contribution is -2.42. The summed E-state index contributed by atoms with van der Waals surface area (Å²) in [5.41, 5.74) is 1.66. The fourth-order valence-corrected chi connectivity index (χ4v) is 2.24. The van der Waals surface area contributed by atoms with Crippen molar-refractivity contribution in [2.24, 2.45) is 0 Å². The smallest absolute Gasteiger partial charge is 0.123 e. The summed E-state index contributed by atoms with van der Waals surface area (Å²) >= 11 is 0. The zero-order valence-corrected chi connectivity index (χ0v) is 10.5. The molecule has 0 spiro atoms. The van der Waals surface area contributed by atoms with E-state index in [1.54, 1.807) is 6.07 Å². The van der Waals surface area contributed by atoms with Crippen LogP contribution in [-0.2, 0) is 6.54 Å². The van der Waals surface area contributed by atoms with Gasteiger partial charge in [0.15, 0.2) is 0 Å². The Morgan fingerprint density at radius 2 is 2.00 bits per heavy atom. The number of halogens is 1. The lowest BCUT2D eigenvalue weighted by Gasteiger charge is -2.36. The van der Waals surface area contributed by atoms with Crippen LogP contribution in [0.4, 0.5) is 4.39 Å². The minimum atomic E-state index is -0.520. The maximum Gasteiger partial charge on any atom is 0.123 e. The summed E-state index contributed by atoms with van der Waals surface area (Å²) in [5, 5.41) is 9.87. The molecule has 3 heteroatoms. The quantitative estimate of drug-likeness (QED) is 0.854. The Morgan fingerprint density at radius 1 is 1.35 bits per heavy atom. The number of likely N-dealkylation sites (tertiary alicyclic amines) is 1. The number of nitrogens with zero attached hydrogens (tertiary/aromatic N) is 1. The molecule has 1 saturated heterocycles. The second kappa shape index (κ2) is 4.75. The van der Waals surface area contributed by atoms with Gasteiger partial charge in [0.25, 0.3) is 0 Å². The van der Waals surface area contributed by atoms with Crippen LogP contribution in [0.15, 0.2) is 18.2 Å². The first kappa shape index (κ1) is 12.5. The van der Waals surface area contributed by atoms with E-state index >= 15 is 0 Å². The van der Waals surface area contributed by atoms with Crippen LogP contribution in [-0.4, -0.2) is 28.7 Å². The Kier molecular flexibility index (Phi) is 3.50. The van der Waals surface area contributed by atoms with Crippen molar-refractivity contribution in [3.63, 3.8) is 0 Å². The third-order valence-electron chi connectivity index (χ3n) is 3.64. The van der Waals surface area contributed by atoms with Crippen molar-refractivity contribution in [2.75, 3.05) is 13.1 Å². The largest absolute Gasteiger partial charge is 0.390 e. The van der Waals surface area contributed by atoms with Crippen molar-refractivity contribution in [3.8, 4) is 0 Å². The van der Waals surface area contributed by atoms with Gasteiger partial charge in [-0.15, -0.1) is 0 Å². The standard InChI is InChI=1S/C14H20FNO/c1-11-3-4-13(15)9-12(11)10-16-7-5-14(2,17)6-8-16/h3-4,9,17H,5-8,10H2,1-2H3. The average Bonchev–Trinajstić information content (AvgIpc) is 2.26. The molecular formula is C14H20FNO. The van der Waals surface area contributed by atoms with Crippen LogP contribution in [0.5, 0.6) is 0 Å². The van der Waals surface area contributed by atoms with E-state index in [0.717, 1.165) is 43.6 Å². The predicted octanol–water partition coefficient (Wildman–Crippen LogP) is 2.48. The van der Waals surface area contributed by atoms with Gasteiger partial charge in [-0.1, -0.05) is 6.07 Å². The summed E-state index contributed by atoms with van der Waals surface area (Å²) in [5.74, 6) is -0.172. The molecule has 1 fully saturated rings. The van der Waals surface area contributed by atoms with Crippen molar-refractivity contribution < 1.29 is 9.50 Å². The summed E-state index contributed by atoms with van der Waals surface area (Å²) in [4.78, 5) is 2.28. The zero-order valence-electron chi connectivity index (χ0n) is 10.5. The Hall–Kier alpha value is -0.930. The van der Waals surface area contributed by atoms with E-state index in [4.69, 9.17) is 0 Å². The fraction of sp³-hybridized carbons (Fsp3) is 0.571. The zero-order chi connectivity index (χ0) is 12.5. The second-order valence-corrected chi connectivity index (χ2v) is 5.34. The lowest BCUT2D eigenvalue weighted by molar-refractivity contribution is -0.00735. The van der Waals surface area contributed by atoms with Crippen LogP contribution in [0.2, 0.25) is 0 Å². The van der Waals surface area contributed by atoms with Crippen LogP contribution in [0.1, 0.15) is 30.9 Å². The summed E-state index contributed by atoms with van der Waals surface area (Å²) in [6.45, 7) is 6.43. The SMILES string of the molecule is Cc1ccc(F)cc1CN1CCC(C)(O)CC1. The number of benzene rings is 1. The van der Waals surface area contributed by atoms with E-state index in [2.05, 4.69) is 4.90 Å². The fourth-order valence-electron chi connectivity index (χ4n) is 2.24. The maximum absolute atomic E-state index is 13.2. The van der Waals surface area contributed by atoms with Gasteiger partial charge in [0, 0.05) is 19.6 Å². The highest BCUT2D eigenvalue weighted by Crippen LogP contribution is 2.23.